The standard InChI is InChI=1S/C17H12F3N3O2/c18-17(19,20)25-15-4-1-3-13(11-15)22-16(24)12-5-7-14(8-6-12)23-10-2-9-21-23/h1-11H,(H,22,24). The van der Waals surface area contributed by atoms with Gasteiger partial charge in [-0.15, -0.1) is 13.2 Å². The molecular weight excluding hydrogens is 335 g/mol. The van der Waals surface area contributed by atoms with E-state index in [0.29, 0.717) is 5.56 Å². The Labute approximate surface area is 140 Å². The molecule has 5 nitrogen and oxygen atoms in total. The molecule has 25 heavy (non-hydrogen) atoms. The summed E-state index contributed by atoms with van der Waals surface area (Å²) in [4.78, 5) is 12.2. The first-order valence-corrected chi connectivity index (χ1v) is 7.18. The normalized spacial score (nSPS) is 11.2. The number of carbonyl (C=O) groups excluding carboxylic acids is 1. The number of alkyl halides is 3. The number of halogens is 3. The van der Waals surface area contributed by atoms with E-state index in [1.807, 2.05) is 0 Å². The van der Waals surface area contributed by atoms with Crippen LogP contribution in [0.2, 0.25) is 0 Å². The third kappa shape index (κ3) is 4.37. The summed E-state index contributed by atoms with van der Waals surface area (Å²) in [5.41, 5.74) is 1.34. The molecule has 0 bridgehead atoms. The maximum atomic E-state index is 12.2. The van der Waals surface area contributed by atoms with Crippen LogP contribution in [0.25, 0.3) is 5.69 Å². The average molecular weight is 347 g/mol. The molecule has 0 unspecified atom stereocenters. The summed E-state index contributed by atoms with van der Waals surface area (Å²) in [7, 11) is 0. The number of nitrogens with zero attached hydrogens (tertiary/aromatic N) is 2. The molecule has 0 aliphatic heterocycles. The van der Waals surface area contributed by atoms with Gasteiger partial charge in [-0.3, -0.25) is 4.79 Å². The average Bonchev–Trinajstić information content (AvgIpc) is 3.08. The molecule has 0 aliphatic rings. The topological polar surface area (TPSA) is 56.1 Å². The number of benzene rings is 2. The summed E-state index contributed by atoms with van der Waals surface area (Å²) in [6.45, 7) is 0. The largest absolute Gasteiger partial charge is 0.573 e. The highest BCUT2D eigenvalue weighted by Gasteiger charge is 2.31. The number of hydrogen-bond donors (Lipinski definition) is 1. The van der Waals surface area contributed by atoms with Crippen molar-refractivity contribution in [1.29, 1.82) is 0 Å². The van der Waals surface area contributed by atoms with E-state index in [-0.39, 0.29) is 5.69 Å². The van der Waals surface area contributed by atoms with Crippen LogP contribution < -0.4 is 10.1 Å². The van der Waals surface area contributed by atoms with Crippen LogP contribution in [-0.2, 0) is 0 Å². The minimum Gasteiger partial charge on any atom is -0.406 e. The molecule has 3 rings (SSSR count). The SMILES string of the molecule is O=C(Nc1cccc(OC(F)(F)F)c1)c1ccc(-n2cccn2)cc1. The fraction of sp³-hybridized carbons (Fsp3) is 0.0588. The van der Waals surface area contributed by atoms with Gasteiger partial charge in [-0.2, -0.15) is 5.10 Å². The van der Waals surface area contributed by atoms with Crippen molar-refractivity contribution in [2.24, 2.45) is 0 Å². The minimum atomic E-state index is -4.79. The van der Waals surface area contributed by atoms with E-state index in [0.717, 1.165) is 17.8 Å². The van der Waals surface area contributed by atoms with Crippen molar-refractivity contribution < 1.29 is 22.7 Å². The molecule has 1 aromatic heterocycles. The summed E-state index contributed by atoms with van der Waals surface area (Å²) in [6, 6.07) is 13.5. The van der Waals surface area contributed by atoms with Gasteiger partial charge >= 0.3 is 6.36 Å². The molecule has 3 aromatic rings. The Balaban J connectivity index is 1.71. The fourth-order valence-electron chi connectivity index (χ4n) is 2.16. The number of ether oxygens (including phenoxy) is 1. The second-order valence-corrected chi connectivity index (χ2v) is 5.03. The van der Waals surface area contributed by atoms with Gasteiger partial charge in [0.25, 0.3) is 5.91 Å². The van der Waals surface area contributed by atoms with Gasteiger partial charge in [0, 0.05) is 29.7 Å². The maximum Gasteiger partial charge on any atom is 0.573 e. The van der Waals surface area contributed by atoms with Gasteiger partial charge < -0.3 is 10.1 Å². The van der Waals surface area contributed by atoms with Crippen molar-refractivity contribution in [3.8, 4) is 11.4 Å². The summed E-state index contributed by atoms with van der Waals surface area (Å²) < 4.78 is 42.2. The zero-order chi connectivity index (χ0) is 17.9. The third-order valence-electron chi connectivity index (χ3n) is 3.22. The Hall–Kier alpha value is -3.29. The monoisotopic (exact) mass is 347 g/mol. The molecule has 1 N–H and O–H groups in total. The highest BCUT2D eigenvalue weighted by atomic mass is 19.4. The van der Waals surface area contributed by atoms with Crippen LogP contribution in [0.15, 0.2) is 67.0 Å². The van der Waals surface area contributed by atoms with Crippen LogP contribution in [0.5, 0.6) is 5.75 Å². The smallest absolute Gasteiger partial charge is 0.406 e. The number of carbonyl (C=O) groups is 1. The number of anilines is 1. The first-order valence-electron chi connectivity index (χ1n) is 7.18. The molecule has 1 heterocycles. The highest BCUT2D eigenvalue weighted by Crippen LogP contribution is 2.25. The number of amides is 1. The molecule has 0 saturated carbocycles. The molecule has 1 amide bonds. The zero-order valence-electron chi connectivity index (χ0n) is 12.7. The molecule has 0 spiro atoms. The van der Waals surface area contributed by atoms with E-state index in [2.05, 4.69) is 15.2 Å². The molecule has 0 atom stereocenters. The maximum absolute atomic E-state index is 12.2. The van der Waals surface area contributed by atoms with E-state index in [4.69, 9.17) is 0 Å². The second kappa shape index (κ2) is 6.68. The third-order valence-corrected chi connectivity index (χ3v) is 3.22. The van der Waals surface area contributed by atoms with Gasteiger partial charge in [-0.05, 0) is 42.5 Å². The van der Waals surface area contributed by atoms with Crippen molar-refractivity contribution in [1.82, 2.24) is 9.78 Å². The first kappa shape index (κ1) is 16.6. The van der Waals surface area contributed by atoms with Crippen LogP contribution in [0, 0.1) is 0 Å². The lowest BCUT2D eigenvalue weighted by molar-refractivity contribution is -0.274. The van der Waals surface area contributed by atoms with E-state index >= 15 is 0 Å². The van der Waals surface area contributed by atoms with Crippen LogP contribution >= 0.6 is 0 Å². The number of aromatic nitrogens is 2. The van der Waals surface area contributed by atoms with Crippen LogP contribution in [0.1, 0.15) is 10.4 Å². The minimum absolute atomic E-state index is 0.197. The Morgan fingerprint density at radius 1 is 1.08 bits per heavy atom. The van der Waals surface area contributed by atoms with Gasteiger partial charge in [0.15, 0.2) is 0 Å². The molecule has 0 aliphatic carbocycles. The van der Waals surface area contributed by atoms with Crippen LogP contribution in [-0.4, -0.2) is 22.1 Å². The zero-order valence-corrected chi connectivity index (χ0v) is 12.7. The van der Waals surface area contributed by atoms with E-state index in [1.165, 1.54) is 12.1 Å². The lowest BCUT2D eigenvalue weighted by Crippen LogP contribution is -2.17. The highest BCUT2D eigenvalue weighted by molar-refractivity contribution is 6.04. The van der Waals surface area contributed by atoms with Crippen molar-refractivity contribution in [2.45, 2.75) is 6.36 Å². The van der Waals surface area contributed by atoms with E-state index in [1.54, 1.807) is 47.4 Å². The second-order valence-electron chi connectivity index (χ2n) is 5.03. The lowest BCUT2D eigenvalue weighted by Gasteiger charge is -2.11. The van der Waals surface area contributed by atoms with Gasteiger partial charge in [0.05, 0.1) is 5.69 Å². The Morgan fingerprint density at radius 3 is 2.48 bits per heavy atom. The Bertz CT molecular complexity index is 860. The molecule has 2 aromatic carbocycles. The molecule has 0 radical (unpaired) electrons. The summed E-state index contributed by atoms with van der Waals surface area (Å²) in [6.07, 6.45) is -1.39. The van der Waals surface area contributed by atoms with E-state index < -0.39 is 18.0 Å². The molecule has 128 valence electrons. The van der Waals surface area contributed by atoms with Crippen LogP contribution in [0.3, 0.4) is 0 Å². The van der Waals surface area contributed by atoms with Gasteiger partial charge in [0.1, 0.15) is 5.75 Å². The Kier molecular flexibility index (Phi) is 4.42. The van der Waals surface area contributed by atoms with Gasteiger partial charge in [-0.25, -0.2) is 4.68 Å². The fourth-order valence-corrected chi connectivity index (χ4v) is 2.16. The predicted octanol–water partition coefficient (Wildman–Crippen LogP) is 4.02. The number of nitrogens with one attached hydrogen (secondary N) is 1. The van der Waals surface area contributed by atoms with Gasteiger partial charge in [-0.1, -0.05) is 6.07 Å². The quantitative estimate of drug-likeness (QED) is 0.775. The van der Waals surface area contributed by atoms with Crippen LogP contribution in [0.4, 0.5) is 18.9 Å². The lowest BCUT2D eigenvalue weighted by atomic mass is 10.2. The molecular formula is C17H12F3N3O2. The van der Waals surface area contributed by atoms with Gasteiger partial charge in [0.2, 0.25) is 0 Å². The molecule has 0 saturated heterocycles. The number of rotatable bonds is 4. The Morgan fingerprint density at radius 2 is 1.84 bits per heavy atom. The van der Waals surface area contributed by atoms with Crippen molar-refractivity contribution in [2.75, 3.05) is 5.32 Å². The van der Waals surface area contributed by atoms with E-state index in [9.17, 15) is 18.0 Å². The summed E-state index contributed by atoms with van der Waals surface area (Å²) in [5.74, 6) is -0.851. The summed E-state index contributed by atoms with van der Waals surface area (Å²) >= 11 is 0. The molecule has 8 heteroatoms. The molecule has 0 fully saturated rings. The van der Waals surface area contributed by atoms with Crippen molar-refractivity contribution in [3.05, 3.63) is 72.6 Å². The van der Waals surface area contributed by atoms with Crippen molar-refractivity contribution in [3.63, 3.8) is 0 Å². The number of hydrogen-bond acceptors (Lipinski definition) is 3. The predicted molar refractivity (Wildman–Crippen MR) is 84.6 cm³/mol. The summed E-state index contributed by atoms with van der Waals surface area (Å²) in [5, 5.41) is 6.61. The first-order chi connectivity index (χ1) is 11.9. The van der Waals surface area contributed by atoms with Crippen molar-refractivity contribution >= 4 is 11.6 Å².